The van der Waals surface area contributed by atoms with Crippen molar-refractivity contribution < 1.29 is 0 Å². The molecule has 0 aliphatic heterocycles. The van der Waals surface area contributed by atoms with E-state index in [-0.39, 0.29) is 0 Å². The van der Waals surface area contributed by atoms with Gasteiger partial charge < -0.3 is 10.6 Å². The zero-order chi connectivity index (χ0) is 11.9. The molecule has 4 heteroatoms. The lowest BCUT2D eigenvalue weighted by atomic mass is 10.3. The zero-order valence-corrected chi connectivity index (χ0v) is 9.85. The molecule has 4 nitrogen and oxygen atoms in total. The molecule has 0 spiro atoms. The van der Waals surface area contributed by atoms with E-state index in [1.54, 1.807) is 6.20 Å². The summed E-state index contributed by atoms with van der Waals surface area (Å²) in [6.07, 6.45) is 5.48. The molecule has 0 fully saturated rings. The highest BCUT2D eigenvalue weighted by Gasteiger charge is 1.95. The van der Waals surface area contributed by atoms with E-state index in [0.717, 1.165) is 24.5 Å². The number of nitrogens with zero attached hydrogens (tertiary/aromatic N) is 2. The summed E-state index contributed by atoms with van der Waals surface area (Å²) in [6.45, 7) is 1.57. The van der Waals surface area contributed by atoms with Crippen LogP contribution in [0.4, 0.5) is 5.69 Å². The van der Waals surface area contributed by atoms with Crippen molar-refractivity contribution in [3.63, 3.8) is 0 Å². The molecule has 2 heterocycles. The first kappa shape index (κ1) is 11.5. The van der Waals surface area contributed by atoms with Crippen LogP contribution in [0.3, 0.4) is 0 Å². The summed E-state index contributed by atoms with van der Waals surface area (Å²) in [7, 11) is 1.89. The van der Waals surface area contributed by atoms with E-state index in [2.05, 4.69) is 26.7 Å². The lowest BCUT2D eigenvalue weighted by Crippen LogP contribution is -2.13. The molecule has 0 aromatic carbocycles. The first-order chi connectivity index (χ1) is 8.38. The maximum Gasteiger partial charge on any atom is 0.0543 e. The Bertz CT molecular complexity index is 439. The Balaban J connectivity index is 1.82. The Morgan fingerprint density at radius 2 is 2.06 bits per heavy atom. The molecule has 0 aliphatic rings. The second-order valence-electron chi connectivity index (χ2n) is 3.75. The molecule has 2 rings (SSSR count). The van der Waals surface area contributed by atoms with E-state index >= 15 is 0 Å². The minimum Gasteiger partial charge on any atom is -0.387 e. The summed E-state index contributed by atoms with van der Waals surface area (Å²) >= 11 is 0. The topological polar surface area (TPSA) is 49.8 Å². The van der Waals surface area contributed by atoms with E-state index in [0.29, 0.717) is 0 Å². The van der Waals surface area contributed by atoms with Gasteiger partial charge >= 0.3 is 0 Å². The highest BCUT2D eigenvalue weighted by Crippen LogP contribution is 2.04. The van der Waals surface area contributed by atoms with Gasteiger partial charge in [0.2, 0.25) is 0 Å². The Morgan fingerprint density at radius 1 is 1.12 bits per heavy atom. The number of hydrogen-bond donors (Lipinski definition) is 2. The summed E-state index contributed by atoms with van der Waals surface area (Å²) < 4.78 is 0. The average molecular weight is 228 g/mol. The highest BCUT2D eigenvalue weighted by molar-refractivity contribution is 5.39. The van der Waals surface area contributed by atoms with Gasteiger partial charge in [0.15, 0.2) is 0 Å². The number of nitrogens with one attached hydrogen (secondary N) is 2. The molecule has 17 heavy (non-hydrogen) atoms. The van der Waals surface area contributed by atoms with Gasteiger partial charge in [-0.05, 0) is 23.8 Å². The predicted octanol–water partition coefficient (Wildman–Crippen LogP) is 1.81. The van der Waals surface area contributed by atoms with Crippen LogP contribution in [0.5, 0.6) is 0 Å². The highest BCUT2D eigenvalue weighted by atomic mass is 14.9. The van der Waals surface area contributed by atoms with Gasteiger partial charge in [-0.25, -0.2) is 0 Å². The van der Waals surface area contributed by atoms with E-state index in [9.17, 15) is 0 Å². The molecule has 0 unspecified atom stereocenters. The van der Waals surface area contributed by atoms with E-state index in [1.807, 2.05) is 37.6 Å². The first-order valence-electron chi connectivity index (χ1n) is 5.61. The fourth-order valence-electron chi connectivity index (χ4n) is 1.51. The van der Waals surface area contributed by atoms with Gasteiger partial charge in [0.1, 0.15) is 0 Å². The molecule has 0 radical (unpaired) electrons. The Morgan fingerprint density at radius 3 is 2.71 bits per heavy atom. The summed E-state index contributed by atoms with van der Waals surface area (Å²) in [5, 5.41) is 6.38. The third-order valence-electron chi connectivity index (χ3n) is 2.47. The van der Waals surface area contributed by atoms with Crippen molar-refractivity contribution in [2.75, 3.05) is 12.4 Å². The fourth-order valence-corrected chi connectivity index (χ4v) is 1.51. The molecule has 2 N–H and O–H groups in total. The quantitative estimate of drug-likeness (QED) is 0.819. The molecular weight excluding hydrogens is 212 g/mol. The van der Waals surface area contributed by atoms with Crippen LogP contribution in [-0.4, -0.2) is 17.0 Å². The van der Waals surface area contributed by atoms with E-state index < -0.39 is 0 Å². The normalized spacial score (nSPS) is 10.2. The number of aromatic nitrogens is 2. The second kappa shape index (κ2) is 5.96. The van der Waals surface area contributed by atoms with Gasteiger partial charge in [-0.2, -0.15) is 0 Å². The lowest BCUT2D eigenvalue weighted by Gasteiger charge is -2.05. The van der Waals surface area contributed by atoms with Crippen molar-refractivity contribution in [3.05, 3.63) is 54.1 Å². The first-order valence-corrected chi connectivity index (χ1v) is 5.61. The van der Waals surface area contributed by atoms with Crippen LogP contribution in [0.1, 0.15) is 11.3 Å². The third kappa shape index (κ3) is 3.53. The second-order valence-corrected chi connectivity index (χ2v) is 3.75. The maximum absolute atomic E-state index is 4.34. The largest absolute Gasteiger partial charge is 0.387 e. The lowest BCUT2D eigenvalue weighted by molar-refractivity contribution is 0.678. The van der Waals surface area contributed by atoms with Crippen LogP contribution in [-0.2, 0) is 13.1 Å². The summed E-state index contributed by atoms with van der Waals surface area (Å²) in [5.74, 6) is 0. The maximum atomic E-state index is 4.34. The minimum atomic E-state index is 0.763. The number of pyridine rings is 2. The molecule has 0 bridgehead atoms. The van der Waals surface area contributed by atoms with Gasteiger partial charge in [-0.15, -0.1) is 0 Å². The van der Waals surface area contributed by atoms with Gasteiger partial charge in [0, 0.05) is 32.5 Å². The van der Waals surface area contributed by atoms with Gasteiger partial charge in [0.05, 0.1) is 17.6 Å². The molecule has 0 aliphatic carbocycles. The number of rotatable bonds is 5. The van der Waals surface area contributed by atoms with Crippen LogP contribution in [0.2, 0.25) is 0 Å². The SMILES string of the molecule is CNc1ccc(CNCc2cccnc2)nc1. The van der Waals surface area contributed by atoms with Gasteiger partial charge in [-0.3, -0.25) is 9.97 Å². The summed E-state index contributed by atoms with van der Waals surface area (Å²) in [5.41, 5.74) is 3.24. The van der Waals surface area contributed by atoms with Gasteiger partial charge in [0.25, 0.3) is 0 Å². The Hall–Kier alpha value is -1.94. The van der Waals surface area contributed by atoms with E-state index in [4.69, 9.17) is 0 Å². The molecule has 0 saturated heterocycles. The molecule has 2 aromatic heterocycles. The van der Waals surface area contributed by atoms with Crippen molar-refractivity contribution >= 4 is 5.69 Å². The standard InChI is InChI=1S/C13H16N4/c1-14-12-4-5-13(17-10-12)9-16-8-11-3-2-6-15-7-11/h2-7,10,14,16H,8-9H2,1H3. The average Bonchev–Trinajstić information content (AvgIpc) is 2.41. The molecule has 2 aromatic rings. The molecule has 0 amide bonds. The summed E-state index contributed by atoms with van der Waals surface area (Å²) in [6, 6.07) is 8.03. The van der Waals surface area contributed by atoms with Crippen molar-refractivity contribution in [3.8, 4) is 0 Å². The Labute approximate surface area is 101 Å². The Kier molecular flexibility index (Phi) is 4.05. The molecule has 0 saturated carbocycles. The van der Waals surface area contributed by atoms with Crippen molar-refractivity contribution in [2.24, 2.45) is 0 Å². The zero-order valence-electron chi connectivity index (χ0n) is 9.85. The van der Waals surface area contributed by atoms with Crippen molar-refractivity contribution in [1.82, 2.24) is 15.3 Å². The van der Waals surface area contributed by atoms with Crippen LogP contribution in [0, 0.1) is 0 Å². The van der Waals surface area contributed by atoms with Crippen LogP contribution >= 0.6 is 0 Å². The molecule has 0 atom stereocenters. The number of anilines is 1. The fraction of sp³-hybridized carbons (Fsp3) is 0.231. The van der Waals surface area contributed by atoms with Crippen molar-refractivity contribution in [2.45, 2.75) is 13.1 Å². The van der Waals surface area contributed by atoms with E-state index in [1.165, 1.54) is 5.56 Å². The monoisotopic (exact) mass is 228 g/mol. The summed E-state index contributed by atoms with van der Waals surface area (Å²) in [4.78, 5) is 8.41. The number of hydrogen-bond acceptors (Lipinski definition) is 4. The van der Waals surface area contributed by atoms with Crippen LogP contribution < -0.4 is 10.6 Å². The smallest absolute Gasteiger partial charge is 0.0543 e. The van der Waals surface area contributed by atoms with Gasteiger partial charge in [-0.1, -0.05) is 6.07 Å². The van der Waals surface area contributed by atoms with Crippen LogP contribution in [0.25, 0.3) is 0 Å². The van der Waals surface area contributed by atoms with Crippen LogP contribution in [0.15, 0.2) is 42.9 Å². The molecular formula is C13H16N4. The minimum absolute atomic E-state index is 0.763. The molecule has 88 valence electrons. The third-order valence-corrected chi connectivity index (χ3v) is 2.47. The predicted molar refractivity (Wildman–Crippen MR) is 68.6 cm³/mol. The van der Waals surface area contributed by atoms with Crippen molar-refractivity contribution in [1.29, 1.82) is 0 Å².